The number of carbonyl (C=O) groups is 2. The molecule has 2 saturated carbocycles. The van der Waals surface area contributed by atoms with E-state index in [0.717, 1.165) is 38.8 Å². The van der Waals surface area contributed by atoms with Gasteiger partial charge in [-0.2, -0.15) is 0 Å². The van der Waals surface area contributed by atoms with Crippen molar-refractivity contribution >= 4 is 11.9 Å². The van der Waals surface area contributed by atoms with Gasteiger partial charge in [0.25, 0.3) is 5.91 Å². The molecule has 0 radical (unpaired) electrons. The smallest absolute Gasteiger partial charge is 0.322 e. The van der Waals surface area contributed by atoms with Crippen LogP contribution in [0.3, 0.4) is 0 Å². The third-order valence-corrected chi connectivity index (χ3v) is 7.77. The van der Waals surface area contributed by atoms with Crippen LogP contribution < -0.4 is 5.32 Å². The first-order chi connectivity index (χ1) is 13.0. The highest BCUT2D eigenvalue weighted by molar-refractivity contribution is 6.07. The SMILES string of the molecule is CC1CC(C)CC(C2(C3CCCCC3)NC(=O)N(CN3CCCC3)C2=O)C1. The molecule has 4 fully saturated rings. The zero-order chi connectivity index (χ0) is 19.0. The summed E-state index contributed by atoms with van der Waals surface area (Å²) >= 11 is 0. The minimum atomic E-state index is -0.639. The lowest BCUT2D eigenvalue weighted by molar-refractivity contribution is -0.139. The molecule has 2 aliphatic heterocycles. The van der Waals surface area contributed by atoms with E-state index < -0.39 is 5.54 Å². The maximum Gasteiger partial charge on any atom is 0.326 e. The second-order valence-corrected chi connectivity index (χ2v) is 9.95. The Labute approximate surface area is 164 Å². The first-order valence-corrected chi connectivity index (χ1v) is 11.4. The maximum atomic E-state index is 13.9. The van der Waals surface area contributed by atoms with Crippen LogP contribution in [0.4, 0.5) is 4.79 Å². The summed E-state index contributed by atoms with van der Waals surface area (Å²) in [6.45, 7) is 7.13. The zero-order valence-corrected chi connectivity index (χ0v) is 17.2. The van der Waals surface area contributed by atoms with Crippen molar-refractivity contribution in [3.8, 4) is 0 Å². The first-order valence-electron chi connectivity index (χ1n) is 11.4. The predicted octanol–water partition coefficient (Wildman–Crippen LogP) is 3.98. The van der Waals surface area contributed by atoms with Crippen molar-refractivity contribution in [2.45, 2.75) is 83.6 Å². The van der Waals surface area contributed by atoms with Crippen molar-refractivity contribution in [1.82, 2.24) is 15.1 Å². The lowest BCUT2D eigenvalue weighted by Gasteiger charge is -2.47. The van der Waals surface area contributed by atoms with Gasteiger partial charge < -0.3 is 5.32 Å². The van der Waals surface area contributed by atoms with E-state index in [1.807, 2.05) is 0 Å². The average molecular weight is 376 g/mol. The minimum absolute atomic E-state index is 0.0950. The lowest BCUT2D eigenvalue weighted by Crippen LogP contribution is -2.60. The van der Waals surface area contributed by atoms with E-state index in [2.05, 4.69) is 24.1 Å². The van der Waals surface area contributed by atoms with Gasteiger partial charge in [-0.3, -0.25) is 9.69 Å². The Morgan fingerprint density at radius 1 is 0.889 bits per heavy atom. The molecule has 3 atom stereocenters. The normalized spacial score (nSPS) is 39.2. The van der Waals surface area contributed by atoms with Crippen LogP contribution in [0.25, 0.3) is 0 Å². The number of rotatable bonds is 4. The lowest BCUT2D eigenvalue weighted by atomic mass is 9.61. The summed E-state index contributed by atoms with van der Waals surface area (Å²) in [5.41, 5.74) is -0.639. The second-order valence-electron chi connectivity index (χ2n) is 9.95. The Balaban J connectivity index is 1.63. The third kappa shape index (κ3) is 3.52. The topological polar surface area (TPSA) is 52.7 Å². The van der Waals surface area contributed by atoms with E-state index >= 15 is 0 Å². The minimum Gasteiger partial charge on any atom is -0.322 e. The second kappa shape index (κ2) is 7.73. The molecule has 0 aromatic carbocycles. The van der Waals surface area contributed by atoms with Gasteiger partial charge in [0.05, 0.1) is 6.67 Å². The molecule has 1 N–H and O–H groups in total. The Morgan fingerprint density at radius 2 is 1.52 bits per heavy atom. The number of hydrogen-bond acceptors (Lipinski definition) is 3. The molecular formula is C22H37N3O2. The van der Waals surface area contributed by atoms with Crippen molar-refractivity contribution in [2.75, 3.05) is 19.8 Å². The van der Waals surface area contributed by atoms with Gasteiger partial charge in [0.15, 0.2) is 0 Å². The Kier molecular flexibility index (Phi) is 5.50. The number of carbonyl (C=O) groups excluding carboxylic acids is 2. The van der Waals surface area contributed by atoms with Crippen LogP contribution in [0.2, 0.25) is 0 Å². The number of urea groups is 1. The first kappa shape index (κ1) is 19.2. The molecule has 2 saturated heterocycles. The van der Waals surface area contributed by atoms with Crippen LogP contribution in [0.1, 0.15) is 78.1 Å². The van der Waals surface area contributed by atoms with E-state index in [9.17, 15) is 9.59 Å². The molecule has 5 heteroatoms. The van der Waals surface area contributed by atoms with Crippen molar-refractivity contribution in [1.29, 1.82) is 0 Å². The highest BCUT2D eigenvalue weighted by Crippen LogP contribution is 2.48. The molecule has 4 aliphatic rings. The Hall–Kier alpha value is -1.10. The van der Waals surface area contributed by atoms with Gasteiger partial charge in [-0.05, 0) is 81.7 Å². The molecule has 27 heavy (non-hydrogen) atoms. The molecule has 0 aromatic rings. The highest BCUT2D eigenvalue weighted by Gasteiger charge is 2.60. The summed E-state index contributed by atoms with van der Waals surface area (Å²) in [6, 6.07) is -0.136. The van der Waals surface area contributed by atoms with Gasteiger partial charge in [0, 0.05) is 0 Å². The number of amides is 3. The van der Waals surface area contributed by atoms with Crippen LogP contribution in [0.15, 0.2) is 0 Å². The van der Waals surface area contributed by atoms with Crippen molar-refractivity contribution < 1.29 is 9.59 Å². The van der Waals surface area contributed by atoms with Gasteiger partial charge in [0.2, 0.25) is 0 Å². The molecule has 152 valence electrons. The number of nitrogens with one attached hydrogen (secondary N) is 1. The summed E-state index contributed by atoms with van der Waals surface area (Å²) in [7, 11) is 0. The Bertz CT molecular complexity index is 558. The summed E-state index contributed by atoms with van der Waals surface area (Å²) in [4.78, 5) is 30.7. The van der Waals surface area contributed by atoms with Crippen LogP contribution in [0, 0.1) is 23.7 Å². The Morgan fingerprint density at radius 3 is 2.15 bits per heavy atom. The molecule has 3 unspecified atom stereocenters. The summed E-state index contributed by atoms with van der Waals surface area (Å²) in [5, 5.41) is 3.33. The van der Waals surface area contributed by atoms with Gasteiger partial charge in [-0.25, -0.2) is 9.69 Å². The van der Waals surface area contributed by atoms with E-state index in [-0.39, 0.29) is 11.9 Å². The van der Waals surface area contributed by atoms with Crippen molar-refractivity contribution in [3.63, 3.8) is 0 Å². The summed E-state index contributed by atoms with van der Waals surface area (Å²) < 4.78 is 0. The molecule has 3 amide bonds. The predicted molar refractivity (Wildman–Crippen MR) is 106 cm³/mol. The van der Waals surface area contributed by atoms with Crippen LogP contribution >= 0.6 is 0 Å². The fourth-order valence-electron chi connectivity index (χ4n) is 6.63. The fourth-order valence-corrected chi connectivity index (χ4v) is 6.63. The van der Waals surface area contributed by atoms with E-state index in [0.29, 0.717) is 30.3 Å². The fraction of sp³-hybridized carbons (Fsp3) is 0.909. The van der Waals surface area contributed by atoms with Gasteiger partial charge in [-0.1, -0.05) is 33.1 Å². The van der Waals surface area contributed by atoms with Crippen LogP contribution in [-0.2, 0) is 4.79 Å². The molecular weight excluding hydrogens is 338 g/mol. The number of imide groups is 1. The third-order valence-electron chi connectivity index (χ3n) is 7.77. The molecule has 0 spiro atoms. The van der Waals surface area contributed by atoms with Gasteiger partial charge >= 0.3 is 6.03 Å². The molecule has 0 bridgehead atoms. The van der Waals surface area contributed by atoms with Crippen LogP contribution in [0.5, 0.6) is 0 Å². The monoisotopic (exact) mass is 375 g/mol. The maximum absolute atomic E-state index is 13.9. The highest BCUT2D eigenvalue weighted by atomic mass is 16.2. The molecule has 5 nitrogen and oxygen atoms in total. The number of hydrogen-bond donors (Lipinski definition) is 1. The molecule has 4 rings (SSSR count). The van der Waals surface area contributed by atoms with E-state index in [1.54, 1.807) is 4.90 Å². The summed E-state index contributed by atoms with van der Waals surface area (Å²) in [6.07, 6.45) is 11.6. The molecule has 2 aliphatic carbocycles. The van der Waals surface area contributed by atoms with Gasteiger partial charge in [-0.15, -0.1) is 0 Å². The quantitative estimate of drug-likeness (QED) is 0.756. The number of nitrogens with zero attached hydrogens (tertiary/aromatic N) is 2. The van der Waals surface area contributed by atoms with Gasteiger partial charge in [0.1, 0.15) is 5.54 Å². The average Bonchev–Trinajstić information content (AvgIpc) is 3.24. The largest absolute Gasteiger partial charge is 0.326 e. The molecule has 2 heterocycles. The zero-order valence-electron chi connectivity index (χ0n) is 17.2. The van der Waals surface area contributed by atoms with Crippen LogP contribution in [-0.4, -0.2) is 47.0 Å². The van der Waals surface area contributed by atoms with E-state index in [1.165, 1.54) is 38.5 Å². The summed E-state index contributed by atoms with van der Waals surface area (Å²) in [5.74, 6) is 1.97. The van der Waals surface area contributed by atoms with Crippen molar-refractivity contribution in [3.05, 3.63) is 0 Å². The number of likely N-dealkylation sites (tertiary alicyclic amines) is 1. The van der Waals surface area contributed by atoms with Crippen molar-refractivity contribution in [2.24, 2.45) is 23.7 Å². The standard InChI is InChI=1S/C22H37N3O2/c1-16-12-17(2)14-19(13-16)22(18-8-4-3-5-9-18)20(26)25(21(27)23-22)15-24-10-6-7-11-24/h16-19H,3-15H2,1-2H3,(H,23,27). The van der Waals surface area contributed by atoms with E-state index in [4.69, 9.17) is 0 Å². The molecule has 0 aromatic heterocycles.